The largest absolute Gasteiger partial charge is 0.494 e. The van der Waals surface area contributed by atoms with Crippen LogP contribution >= 0.6 is 0 Å². The molecule has 0 unspecified atom stereocenters. The third kappa shape index (κ3) is 5.92. The van der Waals surface area contributed by atoms with Crippen LogP contribution in [0, 0.1) is 5.92 Å². The molecule has 1 N–H and O–H groups in total. The third-order valence-electron chi connectivity index (χ3n) is 3.59. The summed E-state index contributed by atoms with van der Waals surface area (Å²) in [6.45, 7) is 6.20. The van der Waals surface area contributed by atoms with Crippen molar-refractivity contribution in [2.45, 2.75) is 32.0 Å². The Balaban J connectivity index is 2.07. The molecule has 0 aliphatic carbocycles. The molecule has 1 heterocycles. The van der Waals surface area contributed by atoms with Crippen molar-refractivity contribution in [1.29, 1.82) is 0 Å². The summed E-state index contributed by atoms with van der Waals surface area (Å²) in [6, 6.07) is 6.72. The van der Waals surface area contributed by atoms with Crippen LogP contribution in [0.3, 0.4) is 0 Å². The average Bonchev–Trinajstić information content (AvgIpc) is 3.09. The highest BCUT2D eigenvalue weighted by molar-refractivity contribution is 7.90. The standard InChI is InChI=1S/C18H23N3O5S/c1-5-25-14-9-6-13(7-10-14)8-11-15(22)19-16(12(2)3)17-20-21-18(26-17)27(4,23)24/h6-12,16H,5H2,1-4H3,(H,19,22)/b11-8+/t16-/m0/s1. The van der Waals surface area contributed by atoms with Crippen LogP contribution in [0.2, 0.25) is 0 Å². The van der Waals surface area contributed by atoms with Gasteiger partial charge in [-0.2, -0.15) is 0 Å². The van der Waals surface area contributed by atoms with Crippen LogP contribution in [0.1, 0.15) is 38.3 Å². The molecule has 146 valence electrons. The molecule has 0 aliphatic heterocycles. The molecule has 2 aromatic rings. The first-order valence-corrected chi connectivity index (χ1v) is 10.3. The fourth-order valence-electron chi connectivity index (χ4n) is 2.22. The van der Waals surface area contributed by atoms with E-state index in [0.29, 0.717) is 6.61 Å². The predicted octanol–water partition coefficient (Wildman–Crippen LogP) is 2.40. The van der Waals surface area contributed by atoms with Crippen molar-refractivity contribution < 1.29 is 22.4 Å². The minimum absolute atomic E-state index is 0.0493. The highest BCUT2D eigenvalue weighted by Crippen LogP contribution is 2.22. The van der Waals surface area contributed by atoms with E-state index >= 15 is 0 Å². The van der Waals surface area contributed by atoms with Crippen LogP contribution < -0.4 is 10.1 Å². The SMILES string of the molecule is CCOc1ccc(/C=C/C(=O)N[C@H](c2nnc(S(C)(=O)=O)o2)C(C)C)cc1. The second-order valence-electron chi connectivity index (χ2n) is 6.24. The van der Waals surface area contributed by atoms with Gasteiger partial charge in [0.25, 0.3) is 0 Å². The van der Waals surface area contributed by atoms with Crippen molar-refractivity contribution in [1.82, 2.24) is 15.5 Å². The number of hydrogen-bond donors (Lipinski definition) is 1. The van der Waals surface area contributed by atoms with Crippen LogP contribution in [-0.4, -0.2) is 37.4 Å². The molecule has 8 nitrogen and oxygen atoms in total. The number of nitrogens with one attached hydrogen (secondary N) is 1. The van der Waals surface area contributed by atoms with Crippen LogP contribution in [0.4, 0.5) is 0 Å². The zero-order chi connectivity index (χ0) is 20.0. The Bertz CT molecular complexity index is 901. The van der Waals surface area contributed by atoms with E-state index in [1.807, 2.05) is 45.0 Å². The van der Waals surface area contributed by atoms with E-state index in [-0.39, 0.29) is 17.7 Å². The van der Waals surface area contributed by atoms with Gasteiger partial charge in [-0.05, 0) is 36.6 Å². The van der Waals surface area contributed by atoms with Crippen molar-refractivity contribution >= 4 is 21.8 Å². The summed E-state index contributed by atoms with van der Waals surface area (Å²) < 4.78 is 33.5. The molecule has 0 saturated carbocycles. The van der Waals surface area contributed by atoms with Crippen LogP contribution in [0.5, 0.6) is 5.75 Å². The molecule has 1 atom stereocenters. The number of benzene rings is 1. The van der Waals surface area contributed by atoms with Gasteiger partial charge in [0.05, 0.1) is 6.61 Å². The quantitative estimate of drug-likeness (QED) is 0.685. The number of nitrogens with zero attached hydrogens (tertiary/aromatic N) is 2. The van der Waals surface area contributed by atoms with E-state index < -0.39 is 21.1 Å². The maximum Gasteiger partial charge on any atom is 0.335 e. The highest BCUT2D eigenvalue weighted by Gasteiger charge is 2.26. The van der Waals surface area contributed by atoms with Gasteiger partial charge in [0.2, 0.25) is 21.6 Å². The minimum atomic E-state index is -3.60. The number of carbonyl (C=O) groups excluding carboxylic acids is 1. The number of rotatable bonds is 8. The molecule has 1 aromatic heterocycles. The molecule has 9 heteroatoms. The monoisotopic (exact) mass is 393 g/mol. The molecule has 2 rings (SSSR count). The molecule has 1 amide bonds. The summed E-state index contributed by atoms with van der Waals surface area (Å²) in [5.74, 6) is 0.368. The summed E-state index contributed by atoms with van der Waals surface area (Å²) in [5, 5.41) is 9.57. The zero-order valence-electron chi connectivity index (χ0n) is 15.7. The van der Waals surface area contributed by atoms with Crippen LogP contribution in [0.15, 0.2) is 40.0 Å². The molecular weight excluding hydrogens is 370 g/mol. The Morgan fingerprint density at radius 3 is 2.44 bits per heavy atom. The number of sulfone groups is 1. The van der Waals surface area contributed by atoms with E-state index in [2.05, 4.69) is 15.5 Å². The molecule has 0 radical (unpaired) electrons. The smallest absolute Gasteiger partial charge is 0.335 e. The molecule has 0 fully saturated rings. The highest BCUT2D eigenvalue weighted by atomic mass is 32.2. The summed E-state index contributed by atoms with van der Waals surface area (Å²) in [6.07, 6.45) is 4.03. The Hall–Kier alpha value is -2.68. The van der Waals surface area contributed by atoms with Gasteiger partial charge in [0, 0.05) is 12.3 Å². The van der Waals surface area contributed by atoms with Gasteiger partial charge in [-0.1, -0.05) is 31.1 Å². The van der Waals surface area contributed by atoms with E-state index in [4.69, 9.17) is 9.15 Å². The van der Waals surface area contributed by atoms with Crippen molar-refractivity contribution in [3.63, 3.8) is 0 Å². The Morgan fingerprint density at radius 1 is 1.26 bits per heavy atom. The molecule has 27 heavy (non-hydrogen) atoms. The van der Waals surface area contributed by atoms with Crippen molar-refractivity contribution in [3.05, 3.63) is 41.8 Å². The Labute approximate surface area is 158 Å². The molecule has 0 bridgehead atoms. The average molecular weight is 393 g/mol. The summed E-state index contributed by atoms with van der Waals surface area (Å²) in [5.41, 5.74) is 0.840. The third-order valence-corrected chi connectivity index (χ3v) is 4.39. The van der Waals surface area contributed by atoms with Crippen molar-refractivity contribution in [3.8, 4) is 5.75 Å². The van der Waals surface area contributed by atoms with E-state index in [1.165, 1.54) is 6.08 Å². The molecule has 1 aromatic carbocycles. The second kappa shape index (κ2) is 8.81. The first-order valence-electron chi connectivity index (χ1n) is 8.45. The molecule has 0 spiro atoms. The lowest BCUT2D eigenvalue weighted by Gasteiger charge is -2.17. The van der Waals surface area contributed by atoms with Gasteiger partial charge >= 0.3 is 5.22 Å². The van der Waals surface area contributed by atoms with Crippen molar-refractivity contribution in [2.24, 2.45) is 5.92 Å². The van der Waals surface area contributed by atoms with E-state index in [9.17, 15) is 13.2 Å². The maximum absolute atomic E-state index is 12.2. The molecule has 0 aliphatic rings. The topological polar surface area (TPSA) is 111 Å². The van der Waals surface area contributed by atoms with Gasteiger partial charge < -0.3 is 14.5 Å². The lowest BCUT2D eigenvalue weighted by atomic mass is 10.0. The number of ether oxygens (including phenoxy) is 1. The normalized spacial score (nSPS) is 13.1. The first kappa shape index (κ1) is 20.6. The van der Waals surface area contributed by atoms with Gasteiger partial charge in [-0.3, -0.25) is 4.79 Å². The fourth-order valence-corrected chi connectivity index (χ4v) is 2.65. The maximum atomic E-state index is 12.2. The summed E-state index contributed by atoms with van der Waals surface area (Å²) in [4.78, 5) is 12.2. The Kier molecular flexibility index (Phi) is 6.73. The van der Waals surface area contributed by atoms with Gasteiger partial charge in [0.15, 0.2) is 0 Å². The fraction of sp³-hybridized carbons (Fsp3) is 0.389. The minimum Gasteiger partial charge on any atom is -0.494 e. The Morgan fingerprint density at radius 2 is 1.93 bits per heavy atom. The first-order chi connectivity index (χ1) is 12.7. The van der Waals surface area contributed by atoms with Gasteiger partial charge in [-0.25, -0.2) is 8.42 Å². The van der Waals surface area contributed by atoms with Gasteiger partial charge in [-0.15, -0.1) is 5.10 Å². The lowest BCUT2D eigenvalue weighted by molar-refractivity contribution is -0.117. The number of aromatic nitrogens is 2. The van der Waals surface area contributed by atoms with E-state index in [1.54, 1.807) is 6.08 Å². The second-order valence-corrected chi connectivity index (χ2v) is 8.14. The van der Waals surface area contributed by atoms with Crippen LogP contribution in [0.25, 0.3) is 6.08 Å². The van der Waals surface area contributed by atoms with Crippen LogP contribution in [-0.2, 0) is 14.6 Å². The summed E-state index contributed by atoms with van der Waals surface area (Å²) >= 11 is 0. The number of hydrogen-bond acceptors (Lipinski definition) is 7. The lowest BCUT2D eigenvalue weighted by Crippen LogP contribution is -2.30. The van der Waals surface area contributed by atoms with E-state index in [0.717, 1.165) is 17.6 Å². The summed E-state index contributed by atoms with van der Waals surface area (Å²) in [7, 11) is -3.60. The number of amides is 1. The zero-order valence-corrected chi connectivity index (χ0v) is 16.5. The van der Waals surface area contributed by atoms with Crippen molar-refractivity contribution in [2.75, 3.05) is 12.9 Å². The number of carbonyl (C=O) groups is 1. The molecule has 0 saturated heterocycles. The predicted molar refractivity (Wildman–Crippen MR) is 99.8 cm³/mol. The molecular formula is C18H23N3O5S. The van der Waals surface area contributed by atoms with Gasteiger partial charge in [0.1, 0.15) is 11.8 Å².